The van der Waals surface area contributed by atoms with Crippen molar-refractivity contribution in [3.05, 3.63) is 60.2 Å². The SMILES string of the molecule is COc1ccc(NC(=O)N2CCC[C@](C)(C(=O)NCc3ccccc3)C2)cc1. The number of methoxy groups -OCH3 is 1. The third-order valence-electron chi connectivity index (χ3n) is 5.17. The third kappa shape index (κ3) is 4.82. The molecule has 2 N–H and O–H groups in total. The smallest absolute Gasteiger partial charge is 0.321 e. The highest BCUT2D eigenvalue weighted by Crippen LogP contribution is 2.30. The number of benzene rings is 2. The van der Waals surface area contributed by atoms with E-state index in [0.29, 0.717) is 25.3 Å². The van der Waals surface area contributed by atoms with Gasteiger partial charge in [0.05, 0.1) is 12.5 Å². The van der Waals surface area contributed by atoms with Crippen molar-refractivity contribution in [2.24, 2.45) is 5.41 Å². The van der Waals surface area contributed by atoms with Gasteiger partial charge in [0.25, 0.3) is 0 Å². The molecule has 1 saturated heterocycles. The van der Waals surface area contributed by atoms with Crippen molar-refractivity contribution in [2.45, 2.75) is 26.3 Å². The summed E-state index contributed by atoms with van der Waals surface area (Å²) in [4.78, 5) is 27.2. The Labute approximate surface area is 165 Å². The number of carbonyl (C=O) groups excluding carboxylic acids is 2. The van der Waals surface area contributed by atoms with E-state index in [9.17, 15) is 9.59 Å². The molecule has 0 aromatic heterocycles. The molecule has 0 unspecified atom stereocenters. The minimum atomic E-state index is -0.593. The Balaban J connectivity index is 1.58. The van der Waals surface area contributed by atoms with Gasteiger partial charge in [-0.15, -0.1) is 0 Å². The summed E-state index contributed by atoms with van der Waals surface area (Å²) in [6.45, 7) is 3.46. The van der Waals surface area contributed by atoms with Crippen molar-refractivity contribution < 1.29 is 14.3 Å². The molecule has 6 heteroatoms. The van der Waals surface area contributed by atoms with E-state index in [0.717, 1.165) is 24.2 Å². The molecular formula is C22H27N3O3. The molecule has 28 heavy (non-hydrogen) atoms. The molecule has 3 rings (SSSR count). The summed E-state index contributed by atoms with van der Waals surface area (Å²) >= 11 is 0. The average Bonchev–Trinajstić information content (AvgIpc) is 2.73. The summed E-state index contributed by atoms with van der Waals surface area (Å²) in [6.07, 6.45) is 1.56. The Hall–Kier alpha value is -3.02. The first-order valence-electron chi connectivity index (χ1n) is 9.52. The molecule has 0 radical (unpaired) electrons. The number of ether oxygens (including phenoxy) is 1. The highest BCUT2D eigenvalue weighted by Gasteiger charge is 2.39. The van der Waals surface area contributed by atoms with Crippen molar-refractivity contribution in [1.82, 2.24) is 10.2 Å². The molecular weight excluding hydrogens is 354 g/mol. The Kier molecular flexibility index (Phi) is 6.19. The molecule has 6 nitrogen and oxygen atoms in total. The second-order valence-electron chi connectivity index (χ2n) is 7.41. The molecule has 2 aromatic rings. The van der Waals surface area contributed by atoms with Crippen LogP contribution in [0.15, 0.2) is 54.6 Å². The lowest BCUT2D eigenvalue weighted by atomic mass is 9.81. The summed E-state index contributed by atoms with van der Waals surface area (Å²) < 4.78 is 5.13. The number of piperidine rings is 1. The van der Waals surface area contributed by atoms with Gasteiger partial charge in [0.15, 0.2) is 0 Å². The Morgan fingerprint density at radius 2 is 1.82 bits per heavy atom. The quantitative estimate of drug-likeness (QED) is 0.831. The molecule has 0 bridgehead atoms. The van der Waals surface area contributed by atoms with E-state index in [-0.39, 0.29) is 11.9 Å². The maximum atomic E-state index is 12.8. The van der Waals surface area contributed by atoms with Gasteiger partial charge in [-0.2, -0.15) is 0 Å². The molecule has 1 heterocycles. The molecule has 0 aliphatic carbocycles. The second-order valence-corrected chi connectivity index (χ2v) is 7.41. The van der Waals surface area contributed by atoms with Crippen LogP contribution >= 0.6 is 0 Å². The lowest BCUT2D eigenvalue weighted by Gasteiger charge is -2.39. The van der Waals surface area contributed by atoms with Gasteiger partial charge in [-0.3, -0.25) is 4.79 Å². The number of rotatable bonds is 5. The molecule has 2 aromatic carbocycles. The first-order valence-corrected chi connectivity index (χ1v) is 9.52. The first kappa shape index (κ1) is 19.7. The normalized spacial score (nSPS) is 19.0. The van der Waals surface area contributed by atoms with Gasteiger partial charge in [0.1, 0.15) is 5.75 Å². The Morgan fingerprint density at radius 3 is 2.50 bits per heavy atom. The number of likely N-dealkylation sites (tertiary alicyclic amines) is 1. The molecule has 3 amide bonds. The maximum Gasteiger partial charge on any atom is 0.321 e. The molecule has 1 atom stereocenters. The standard InChI is InChI=1S/C22H27N3O3/c1-22(20(26)23-15-17-7-4-3-5-8-17)13-6-14-25(16-22)21(27)24-18-9-11-19(28-2)12-10-18/h3-5,7-12H,6,13-16H2,1-2H3,(H,23,26)(H,24,27)/t22-/m0/s1. The van der Waals surface area contributed by atoms with E-state index in [1.54, 1.807) is 36.3 Å². The van der Waals surface area contributed by atoms with Crippen LogP contribution in [0.2, 0.25) is 0 Å². The second kappa shape index (κ2) is 8.78. The minimum Gasteiger partial charge on any atom is -0.497 e. The number of nitrogens with one attached hydrogen (secondary N) is 2. The predicted molar refractivity (Wildman–Crippen MR) is 109 cm³/mol. The van der Waals surface area contributed by atoms with Crippen LogP contribution in [-0.4, -0.2) is 37.0 Å². The van der Waals surface area contributed by atoms with Crippen LogP contribution in [0, 0.1) is 5.41 Å². The summed E-state index contributed by atoms with van der Waals surface area (Å²) in [6, 6.07) is 16.8. The third-order valence-corrected chi connectivity index (χ3v) is 5.17. The highest BCUT2D eigenvalue weighted by molar-refractivity contribution is 5.90. The molecule has 0 saturated carbocycles. The highest BCUT2D eigenvalue weighted by atomic mass is 16.5. The number of hydrogen-bond donors (Lipinski definition) is 2. The summed E-state index contributed by atoms with van der Waals surface area (Å²) in [5, 5.41) is 5.92. The number of amides is 3. The van der Waals surface area contributed by atoms with Gasteiger partial charge in [0.2, 0.25) is 5.91 Å². The Bertz CT molecular complexity index is 808. The van der Waals surface area contributed by atoms with E-state index in [1.807, 2.05) is 37.3 Å². The fraction of sp³-hybridized carbons (Fsp3) is 0.364. The number of carbonyl (C=O) groups is 2. The molecule has 1 aliphatic heterocycles. The summed E-state index contributed by atoms with van der Waals surface area (Å²) in [7, 11) is 1.60. The van der Waals surface area contributed by atoms with E-state index >= 15 is 0 Å². The predicted octanol–water partition coefficient (Wildman–Crippen LogP) is 3.65. The van der Waals surface area contributed by atoms with Crippen LogP contribution in [0.3, 0.4) is 0 Å². The van der Waals surface area contributed by atoms with E-state index < -0.39 is 5.41 Å². The van der Waals surface area contributed by atoms with Gasteiger partial charge in [-0.1, -0.05) is 30.3 Å². The van der Waals surface area contributed by atoms with Crippen LogP contribution in [0.4, 0.5) is 10.5 Å². The number of urea groups is 1. The zero-order valence-electron chi connectivity index (χ0n) is 16.4. The number of anilines is 1. The fourth-order valence-electron chi connectivity index (χ4n) is 3.47. The van der Waals surface area contributed by atoms with E-state index in [2.05, 4.69) is 10.6 Å². The summed E-state index contributed by atoms with van der Waals surface area (Å²) in [5.74, 6) is 0.719. The first-order chi connectivity index (χ1) is 13.5. The van der Waals surface area contributed by atoms with Crippen LogP contribution in [-0.2, 0) is 11.3 Å². The maximum absolute atomic E-state index is 12.8. The minimum absolute atomic E-state index is 0.0155. The molecule has 1 aliphatic rings. The van der Waals surface area contributed by atoms with Crippen LogP contribution in [0.5, 0.6) is 5.75 Å². The topological polar surface area (TPSA) is 70.7 Å². The lowest BCUT2D eigenvalue weighted by Crippen LogP contribution is -2.52. The van der Waals surface area contributed by atoms with Gasteiger partial charge >= 0.3 is 6.03 Å². The largest absolute Gasteiger partial charge is 0.497 e. The zero-order valence-corrected chi connectivity index (χ0v) is 16.4. The van der Waals surface area contributed by atoms with Crippen LogP contribution in [0.1, 0.15) is 25.3 Å². The van der Waals surface area contributed by atoms with Gasteiger partial charge < -0.3 is 20.3 Å². The van der Waals surface area contributed by atoms with Gasteiger partial charge in [0, 0.05) is 25.3 Å². The van der Waals surface area contributed by atoms with E-state index in [1.165, 1.54) is 0 Å². The molecule has 148 valence electrons. The average molecular weight is 381 g/mol. The van der Waals surface area contributed by atoms with Crippen LogP contribution < -0.4 is 15.4 Å². The van der Waals surface area contributed by atoms with Crippen molar-refractivity contribution in [2.75, 3.05) is 25.5 Å². The van der Waals surface area contributed by atoms with Crippen molar-refractivity contribution in [1.29, 1.82) is 0 Å². The van der Waals surface area contributed by atoms with Crippen LogP contribution in [0.25, 0.3) is 0 Å². The van der Waals surface area contributed by atoms with Crippen molar-refractivity contribution in [3.63, 3.8) is 0 Å². The molecule has 0 spiro atoms. The summed E-state index contributed by atoms with van der Waals surface area (Å²) in [5.41, 5.74) is 1.17. The number of nitrogens with zero attached hydrogens (tertiary/aromatic N) is 1. The van der Waals surface area contributed by atoms with Crippen molar-refractivity contribution in [3.8, 4) is 5.75 Å². The number of hydrogen-bond acceptors (Lipinski definition) is 3. The van der Waals surface area contributed by atoms with Gasteiger partial charge in [-0.05, 0) is 49.6 Å². The van der Waals surface area contributed by atoms with Gasteiger partial charge in [-0.25, -0.2) is 4.79 Å². The lowest BCUT2D eigenvalue weighted by molar-refractivity contribution is -0.132. The van der Waals surface area contributed by atoms with E-state index in [4.69, 9.17) is 4.74 Å². The zero-order chi connectivity index (χ0) is 20.0. The fourth-order valence-corrected chi connectivity index (χ4v) is 3.47. The molecule has 1 fully saturated rings. The van der Waals surface area contributed by atoms with Crippen molar-refractivity contribution >= 4 is 17.6 Å². The monoisotopic (exact) mass is 381 g/mol. The Morgan fingerprint density at radius 1 is 1.11 bits per heavy atom.